The fraction of sp³-hybridized carbons (Fsp3) is 0.333. The third-order valence-electron chi connectivity index (χ3n) is 5.38. The van der Waals surface area contributed by atoms with Crippen molar-refractivity contribution in [2.24, 2.45) is 0 Å². The van der Waals surface area contributed by atoms with Crippen molar-refractivity contribution in [3.8, 4) is 0 Å². The van der Waals surface area contributed by atoms with Gasteiger partial charge in [0.1, 0.15) is 0 Å². The Morgan fingerprint density at radius 3 is 2.87 bits per heavy atom. The lowest BCUT2D eigenvalue weighted by Crippen LogP contribution is -2.55. The Kier molecular flexibility index (Phi) is 5.62. The molecule has 2 N–H and O–H groups in total. The number of nitrogens with zero attached hydrogens (tertiary/aromatic N) is 3. The quantitative estimate of drug-likeness (QED) is 0.596. The second-order valence-electron chi connectivity index (χ2n) is 7.35. The van der Waals surface area contributed by atoms with E-state index in [9.17, 15) is 19.5 Å². The maximum atomic E-state index is 12.6. The molecule has 2 aromatic heterocycles. The summed E-state index contributed by atoms with van der Waals surface area (Å²) < 4.78 is 5.02. The van der Waals surface area contributed by atoms with Gasteiger partial charge in [0.25, 0.3) is 0 Å². The summed E-state index contributed by atoms with van der Waals surface area (Å²) in [6.45, 7) is 2.04. The van der Waals surface area contributed by atoms with E-state index < -0.39 is 11.8 Å². The summed E-state index contributed by atoms with van der Waals surface area (Å²) in [6.07, 6.45) is 1.58. The van der Waals surface area contributed by atoms with E-state index in [0.717, 1.165) is 5.69 Å². The van der Waals surface area contributed by atoms with Crippen molar-refractivity contribution in [3.63, 3.8) is 0 Å². The molecule has 1 fully saturated rings. The highest BCUT2D eigenvalue weighted by atomic mass is 16.4. The summed E-state index contributed by atoms with van der Waals surface area (Å²) >= 11 is 0. The maximum absolute atomic E-state index is 12.6. The van der Waals surface area contributed by atoms with Crippen molar-refractivity contribution in [1.29, 1.82) is 0 Å². The molecule has 9 heteroatoms. The number of piperazine rings is 1. The average molecular weight is 410 g/mol. The fourth-order valence-electron chi connectivity index (χ4n) is 3.83. The molecule has 1 aromatic carbocycles. The van der Waals surface area contributed by atoms with Crippen LogP contribution < -0.4 is 5.76 Å². The van der Waals surface area contributed by atoms with Gasteiger partial charge in [0.15, 0.2) is 11.4 Å². The minimum Gasteiger partial charge on any atom is -0.465 e. The molecule has 0 aliphatic carbocycles. The summed E-state index contributed by atoms with van der Waals surface area (Å²) in [5, 5.41) is 9.53. The van der Waals surface area contributed by atoms with Gasteiger partial charge >= 0.3 is 11.8 Å². The van der Waals surface area contributed by atoms with Crippen LogP contribution >= 0.6 is 0 Å². The van der Waals surface area contributed by atoms with Gasteiger partial charge in [-0.15, -0.1) is 0 Å². The number of rotatable bonds is 6. The molecular formula is C21H22N4O5. The van der Waals surface area contributed by atoms with E-state index in [2.05, 4.69) is 14.9 Å². The highest BCUT2D eigenvalue weighted by Crippen LogP contribution is 2.17. The molecule has 9 nitrogen and oxygen atoms in total. The van der Waals surface area contributed by atoms with E-state index in [4.69, 9.17) is 4.42 Å². The van der Waals surface area contributed by atoms with Gasteiger partial charge in [-0.05, 0) is 30.3 Å². The average Bonchev–Trinajstić information content (AvgIpc) is 3.12. The van der Waals surface area contributed by atoms with Crippen LogP contribution in [0.1, 0.15) is 22.5 Å². The molecule has 3 aromatic rings. The number of ketones is 1. The minimum atomic E-state index is -0.937. The Balaban J connectivity index is 1.39. The molecule has 1 saturated heterocycles. The number of benzene rings is 1. The zero-order valence-corrected chi connectivity index (χ0v) is 16.3. The first kappa shape index (κ1) is 19.8. The van der Waals surface area contributed by atoms with Gasteiger partial charge < -0.3 is 14.4 Å². The Hall–Kier alpha value is -3.46. The number of oxazole rings is 1. The normalized spacial score (nSPS) is 17.3. The van der Waals surface area contributed by atoms with E-state index in [1.165, 1.54) is 4.90 Å². The van der Waals surface area contributed by atoms with Gasteiger partial charge in [0, 0.05) is 56.5 Å². The van der Waals surface area contributed by atoms with Gasteiger partial charge in [-0.3, -0.25) is 19.7 Å². The van der Waals surface area contributed by atoms with Crippen molar-refractivity contribution >= 4 is 23.0 Å². The van der Waals surface area contributed by atoms with Crippen molar-refractivity contribution in [2.75, 3.05) is 26.2 Å². The third kappa shape index (κ3) is 4.41. The number of H-pyrrole nitrogens is 1. The lowest BCUT2D eigenvalue weighted by Gasteiger charge is -2.39. The van der Waals surface area contributed by atoms with Gasteiger partial charge in [0.05, 0.1) is 11.6 Å². The predicted molar refractivity (Wildman–Crippen MR) is 109 cm³/mol. The molecule has 30 heavy (non-hydrogen) atoms. The molecule has 0 radical (unpaired) electrons. The Bertz CT molecular complexity index is 1110. The van der Waals surface area contributed by atoms with Gasteiger partial charge in [-0.1, -0.05) is 6.07 Å². The van der Waals surface area contributed by atoms with Crippen LogP contribution in [0.25, 0.3) is 11.1 Å². The lowest BCUT2D eigenvalue weighted by molar-refractivity contribution is 0.0644. The third-order valence-corrected chi connectivity index (χ3v) is 5.38. The van der Waals surface area contributed by atoms with Gasteiger partial charge in [-0.25, -0.2) is 9.59 Å². The maximum Gasteiger partial charge on any atom is 0.417 e. The second-order valence-corrected chi connectivity index (χ2v) is 7.35. The van der Waals surface area contributed by atoms with Gasteiger partial charge in [0.2, 0.25) is 0 Å². The summed E-state index contributed by atoms with van der Waals surface area (Å²) in [5.41, 5.74) is 2.24. The van der Waals surface area contributed by atoms with Crippen LogP contribution in [0.4, 0.5) is 4.79 Å². The van der Waals surface area contributed by atoms with Gasteiger partial charge in [-0.2, -0.15) is 0 Å². The fourth-order valence-corrected chi connectivity index (χ4v) is 3.83. The molecule has 156 valence electrons. The standard InChI is InChI=1S/C21H22N4O5/c26-18(14-4-5-17-19(11-14)30-20(27)23-17)6-8-24-9-10-25(21(28)29)16(13-24)12-15-3-1-2-7-22-15/h1-5,7,11,16H,6,8-10,12-13H2,(H,23,27)(H,28,29). The van der Waals surface area contributed by atoms with Crippen molar-refractivity contribution in [2.45, 2.75) is 18.9 Å². The number of aromatic amines is 1. The molecule has 1 aliphatic rings. The van der Waals surface area contributed by atoms with Crippen LogP contribution in [-0.4, -0.2) is 69.0 Å². The molecule has 0 saturated carbocycles. The van der Waals surface area contributed by atoms with Crippen LogP contribution in [-0.2, 0) is 6.42 Å². The molecule has 0 bridgehead atoms. The zero-order chi connectivity index (χ0) is 21.1. The van der Waals surface area contributed by atoms with Crippen LogP contribution in [0.15, 0.2) is 51.8 Å². The van der Waals surface area contributed by atoms with E-state index >= 15 is 0 Å². The number of Topliss-reactive ketones (excluding diaryl/α,β-unsaturated/α-hetero) is 1. The Morgan fingerprint density at radius 2 is 2.10 bits per heavy atom. The summed E-state index contributed by atoms with van der Waals surface area (Å²) in [5.74, 6) is -0.604. The second kappa shape index (κ2) is 8.50. The topological polar surface area (TPSA) is 120 Å². The monoisotopic (exact) mass is 410 g/mol. The minimum absolute atomic E-state index is 0.0531. The predicted octanol–water partition coefficient (Wildman–Crippen LogP) is 2.00. The van der Waals surface area contributed by atoms with E-state index in [1.54, 1.807) is 24.4 Å². The van der Waals surface area contributed by atoms with Crippen molar-refractivity contribution in [3.05, 3.63) is 64.4 Å². The highest BCUT2D eigenvalue weighted by molar-refractivity contribution is 5.98. The van der Waals surface area contributed by atoms with Crippen LogP contribution in [0.2, 0.25) is 0 Å². The number of aromatic nitrogens is 2. The van der Waals surface area contributed by atoms with E-state index in [0.29, 0.717) is 55.7 Å². The SMILES string of the molecule is O=C(CCN1CCN(C(=O)O)C(Cc2ccccn2)C1)c1ccc2[nH]c(=O)oc2c1. The Labute approximate surface area is 171 Å². The summed E-state index contributed by atoms with van der Waals surface area (Å²) in [6, 6.07) is 10.3. The number of amides is 1. The molecule has 1 aliphatic heterocycles. The van der Waals surface area contributed by atoms with Crippen LogP contribution in [0.3, 0.4) is 0 Å². The molecular weight excluding hydrogens is 388 g/mol. The lowest BCUT2D eigenvalue weighted by atomic mass is 10.0. The number of carbonyl (C=O) groups is 2. The highest BCUT2D eigenvalue weighted by Gasteiger charge is 2.30. The van der Waals surface area contributed by atoms with Crippen LogP contribution in [0.5, 0.6) is 0 Å². The van der Waals surface area contributed by atoms with Crippen molar-refractivity contribution in [1.82, 2.24) is 19.8 Å². The Morgan fingerprint density at radius 1 is 1.23 bits per heavy atom. The number of nitrogens with one attached hydrogen (secondary N) is 1. The smallest absolute Gasteiger partial charge is 0.417 e. The number of hydrogen-bond donors (Lipinski definition) is 2. The first-order valence-electron chi connectivity index (χ1n) is 9.77. The first-order chi connectivity index (χ1) is 14.5. The zero-order valence-electron chi connectivity index (χ0n) is 16.3. The van der Waals surface area contributed by atoms with E-state index in [-0.39, 0.29) is 11.8 Å². The largest absolute Gasteiger partial charge is 0.465 e. The van der Waals surface area contributed by atoms with Crippen LogP contribution in [0, 0.1) is 0 Å². The number of carboxylic acid groups (broad SMARTS) is 1. The molecule has 1 atom stereocenters. The number of carbonyl (C=O) groups excluding carboxylic acids is 1. The molecule has 0 spiro atoms. The first-order valence-corrected chi connectivity index (χ1v) is 9.77. The number of fused-ring (bicyclic) bond motifs is 1. The molecule has 1 amide bonds. The summed E-state index contributed by atoms with van der Waals surface area (Å²) in [4.78, 5) is 45.9. The molecule has 3 heterocycles. The summed E-state index contributed by atoms with van der Waals surface area (Å²) in [7, 11) is 0. The molecule has 1 unspecified atom stereocenters. The number of pyridine rings is 1. The van der Waals surface area contributed by atoms with Crippen molar-refractivity contribution < 1.29 is 19.1 Å². The number of hydrogen-bond acceptors (Lipinski definition) is 6. The van der Waals surface area contributed by atoms with E-state index in [1.807, 2.05) is 18.2 Å². The molecule has 4 rings (SSSR count).